The zero-order valence-electron chi connectivity index (χ0n) is 16.4. The second kappa shape index (κ2) is 9.47. The molecule has 0 aromatic heterocycles. The summed E-state index contributed by atoms with van der Waals surface area (Å²) in [6.07, 6.45) is 2.35. The second-order valence-corrected chi connectivity index (χ2v) is 6.94. The van der Waals surface area contributed by atoms with E-state index in [1.165, 1.54) is 4.90 Å². The molecule has 152 valence electrons. The van der Waals surface area contributed by atoms with Gasteiger partial charge in [-0.05, 0) is 54.8 Å². The van der Waals surface area contributed by atoms with Crippen LogP contribution in [0.4, 0.5) is 4.79 Å². The molecule has 7 heteroatoms. The van der Waals surface area contributed by atoms with Gasteiger partial charge in [-0.1, -0.05) is 36.7 Å². The van der Waals surface area contributed by atoms with Gasteiger partial charge in [0, 0.05) is 11.6 Å². The number of ether oxygens (including phenoxy) is 2. The lowest BCUT2D eigenvalue weighted by Crippen LogP contribution is -2.31. The van der Waals surface area contributed by atoms with E-state index in [2.05, 4.69) is 5.32 Å². The fourth-order valence-corrected chi connectivity index (χ4v) is 3.03. The van der Waals surface area contributed by atoms with Crippen LogP contribution in [0.1, 0.15) is 31.4 Å². The van der Waals surface area contributed by atoms with Crippen LogP contribution < -0.4 is 14.8 Å². The number of carbonyl (C=O) groups is 2. The largest absolute Gasteiger partial charge is 0.490 e. The number of nitrogens with zero attached hydrogens (tertiary/aromatic N) is 1. The number of amides is 3. The second-order valence-electron chi connectivity index (χ2n) is 6.50. The SMILES string of the molecule is CCCN1C(=O)N/C(=C/c2ccc(OCc3ccc(Cl)cc3)c(OCC)c2)C1=O. The maximum absolute atomic E-state index is 12.4. The van der Waals surface area contributed by atoms with Crippen molar-refractivity contribution in [1.82, 2.24) is 10.2 Å². The molecule has 1 saturated heterocycles. The van der Waals surface area contributed by atoms with Crippen molar-refractivity contribution in [3.05, 3.63) is 64.3 Å². The molecule has 0 unspecified atom stereocenters. The summed E-state index contributed by atoms with van der Waals surface area (Å²) in [6.45, 7) is 5.04. The summed E-state index contributed by atoms with van der Waals surface area (Å²) in [5, 5.41) is 3.29. The van der Waals surface area contributed by atoms with E-state index in [9.17, 15) is 9.59 Å². The summed E-state index contributed by atoms with van der Waals surface area (Å²) in [5.74, 6) is 0.842. The first kappa shape index (κ1) is 20.7. The molecule has 1 N–H and O–H groups in total. The molecule has 2 aromatic rings. The molecule has 0 radical (unpaired) electrons. The number of carbonyl (C=O) groups excluding carboxylic acids is 2. The first-order valence-electron chi connectivity index (χ1n) is 9.50. The minimum Gasteiger partial charge on any atom is -0.490 e. The van der Waals surface area contributed by atoms with Crippen molar-refractivity contribution in [3.63, 3.8) is 0 Å². The Morgan fingerprint density at radius 2 is 1.79 bits per heavy atom. The summed E-state index contributed by atoms with van der Waals surface area (Å²) in [6, 6.07) is 12.4. The molecule has 1 fully saturated rings. The standard InChI is InChI=1S/C22H23ClN2O4/c1-3-11-25-21(26)18(24-22(25)27)12-16-7-10-19(20(13-16)28-4-2)29-14-15-5-8-17(23)9-6-15/h5-10,12-13H,3-4,11,14H2,1-2H3,(H,24,27)/b18-12+. The van der Waals surface area contributed by atoms with Crippen LogP contribution in [-0.2, 0) is 11.4 Å². The molecule has 3 amide bonds. The topological polar surface area (TPSA) is 67.9 Å². The Morgan fingerprint density at radius 1 is 1.03 bits per heavy atom. The Morgan fingerprint density at radius 3 is 2.48 bits per heavy atom. The van der Waals surface area contributed by atoms with E-state index in [0.717, 1.165) is 11.1 Å². The van der Waals surface area contributed by atoms with E-state index < -0.39 is 6.03 Å². The number of halogens is 1. The molecule has 0 aliphatic carbocycles. The Bertz CT molecular complexity index is 925. The fraction of sp³-hybridized carbons (Fsp3) is 0.273. The molecule has 1 aliphatic heterocycles. The first-order valence-corrected chi connectivity index (χ1v) is 9.88. The van der Waals surface area contributed by atoms with Crippen LogP contribution >= 0.6 is 11.6 Å². The monoisotopic (exact) mass is 414 g/mol. The van der Waals surface area contributed by atoms with Crippen molar-refractivity contribution in [3.8, 4) is 11.5 Å². The molecule has 0 atom stereocenters. The predicted molar refractivity (Wildman–Crippen MR) is 112 cm³/mol. The third kappa shape index (κ3) is 5.09. The Hall–Kier alpha value is -2.99. The van der Waals surface area contributed by atoms with E-state index in [-0.39, 0.29) is 11.6 Å². The van der Waals surface area contributed by atoms with Gasteiger partial charge in [-0.2, -0.15) is 0 Å². The van der Waals surface area contributed by atoms with Crippen LogP contribution in [0.25, 0.3) is 6.08 Å². The third-order valence-corrected chi connectivity index (χ3v) is 4.55. The van der Waals surface area contributed by atoms with Crippen LogP contribution in [0.5, 0.6) is 11.5 Å². The molecular formula is C22H23ClN2O4. The van der Waals surface area contributed by atoms with Gasteiger partial charge in [-0.15, -0.1) is 0 Å². The molecule has 29 heavy (non-hydrogen) atoms. The molecule has 1 aliphatic rings. The quantitative estimate of drug-likeness (QED) is 0.505. The van der Waals surface area contributed by atoms with Crippen molar-refractivity contribution in [2.24, 2.45) is 0 Å². The van der Waals surface area contributed by atoms with Crippen molar-refractivity contribution < 1.29 is 19.1 Å². The van der Waals surface area contributed by atoms with Crippen molar-refractivity contribution in [2.75, 3.05) is 13.2 Å². The summed E-state index contributed by atoms with van der Waals surface area (Å²) in [5.41, 5.74) is 1.97. The van der Waals surface area contributed by atoms with Crippen molar-refractivity contribution in [1.29, 1.82) is 0 Å². The van der Waals surface area contributed by atoms with E-state index >= 15 is 0 Å². The van der Waals surface area contributed by atoms with Crippen LogP contribution in [-0.4, -0.2) is 30.0 Å². The minimum atomic E-state index is -0.393. The van der Waals surface area contributed by atoms with E-state index in [1.54, 1.807) is 18.2 Å². The van der Waals surface area contributed by atoms with Crippen LogP contribution in [0.2, 0.25) is 5.02 Å². The van der Waals surface area contributed by atoms with Gasteiger partial charge in [0.2, 0.25) is 0 Å². The summed E-state index contributed by atoms with van der Waals surface area (Å²) in [7, 11) is 0. The average molecular weight is 415 g/mol. The number of hydrogen-bond donors (Lipinski definition) is 1. The number of hydrogen-bond acceptors (Lipinski definition) is 4. The minimum absolute atomic E-state index is 0.251. The number of imide groups is 1. The highest BCUT2D eigenvalue weighted by Gasteiger charge is 2.32. The normalized spacial score (nSPS) is 15.0. The molecule has 0 bridgehead atoms. The van der Waals surface area contributed by atoms with Gasteiger partial charge in [0.15, 0.2) is 11.5 Å². The third-order valence-electron chi connectivity index (χ3n) is 4.30. The van der Waals surface area contributed by atoms with E-state index in [0.29, 0.717) is 42.7 Å². The maximum atomic E-state index is 12.4. The lowest BCUT2D eigenvalue weighted by Gasteiger charge is -2.13. The molecule has 3 rings (SSSR count). The average Bonchev–Trinajstić information content (AvgIpc) is 2.97. The lowest BCUT2D eigenvalue weighted by molar-refractivity contribution is -0.122. The first-order chi connectivity index (χ1) is 14.0. The van der Waals surface area contributed by atoms with Crippen molar-refractivity contribution >= 4 is 29.6 Å². The van der Waals surface area contributed by atoms with Gasteiger partial charge in [-0.3, -0.25) is 9.69 Å². The zero-order valence-corrected chi connectivity index (χ0v) is 17.2. The Kier molecular flexibility index (Phi) is 6.77. The molecule has 0 spiro atoms. The number of rotatable bonds is 8. The van der Waals surface area contributed by atoms with Gasteiger partial charge < -0.3 is 14.8 Å². The van der Waals surface area contributed by atoms with E-state index in [1.807, 2.05) is 44.2 Å². The predicted octanol–water partition coefficient (Wildman–Crippen LogP) is 4.62. The Labute approximate surface area is 175 Å². The molecule has 0 saturated carbocycles. The summed E-state index contributed by atoms with van der Waals surface area (Å²) >= 11 is 5.91. The smallest absolute Gasteiger partial charge is 0.329 e. The van der Waals surface area contributed by atoms with Crippen LogP contribution in [0.15, 0.2) is 48.2 Å². The van der Waals surface area contributed by atoms with Gasteiger partial charge in [-0.25, -0.2) is 4.79 Å². The summed E-state index contributed by atoms with van der Waals surface area (Å²) < 4.78 is 11.6. The van der Waals surface area contributed by atoms with Gasteiger partial charge >= 0.3 is 6.03 Å². The van der Waals surface area contributed by atoms with Gasteiger partial charge in [0.25, 0.3) is 5.91 Å². The van der Waals surface area contributed by atoms with Crippen LogP contribution in [0, 0.1) is 0 Å². The van der Waals surface area contributed by atoms with Gasteiger partial charge in [0.05, 0.1) is 6.61 Å². The highest BCUT2D eigenvalue weighted by atomic mass is 35.5. The van der Waals surface area contributed by atoms with Crippen molar-refractivity contribution in [2.45, 2.75) is 26.9 Å². The maximum Gasteiger partial charge on any atom is 0.329 e. The van der Waals surface area contributed by atoms with Crippen LogP contribution in [0.3, 0.4) is 0 Å². The molecule has 1 heterocycles. The molecule has 6 nitrogen and oxygen atoms in total. The van der Waals surface area contributed by atoms with E-state index in [4.69, 9.17) is 21.1 Å². The molecular weight excluding hydrogens is 392 g/mol. The number of urea groups is 1. The van der Waals surface area contributed by atoms with Gasteiger partial charge in [0.1, 0.15) is 12.3 Å². The zero-order chi connectivity index (χ0) is 20.8. The highest BCUT2D eigenvalue weighted by molar-refractivity contribution is 6.30. The fourth-order valence-electron chi connectivity index (χ4n) is 2.91. The highest BCUT2D eigenvalue weighted by Crippen LogP contribution is 2.30. The molecule has 2 aromatic carbocycles. The Balaban J connectivity index is 1.77. The number of benzene rings is 2. The number of nitrogens with one attached hydrogen (secondary N) is 1. The lowest BCUT2D eigenvalue weighted by atomic mass is 10.1. The summed E-state index contributed by atoms with van der Waals surface area (Å²) in [4.78, 5) is 25.5.